The summed E-state index contributed by atoms with van der Waals surface area (Å²) in [5.41, 5.74) is 2.00. The highest BCUT2D eigenvalue weighted by molar-refractivity contribution is 5.68. The molecule has 2 heterocycles. The van der Waals surface area contributed by atoms with Crippen LogP contribution < -0.4 is 0 Å². The summed E-state index contributed by atoms with van der Waals surface area (Å²) in [5.74, 6) is 0. The van der Waals surface area contributed by atoms with E-state index in [1.807, 2.05) is 93.3 Å². The minimum atomic E-state index is -0.615. The molecule has 0 radical (unpaired) electrons. The summed E-state index contributed by atoms with van der Waals surface area (Å²) in [6, 6.07) is 19.4. The molecule has 42 heavy (non-hydrogen) atoms. The number of rotatable bonds is 12. The first kappa shape index (κ1) is 32.2. The van der Waals surface area contributed by atoms with Crippen molar-refractivity contribution in [3.8, 4) is 0 Å². The average Bonchev–Trinajstić information content (AvgIpc) is 3.42. The molecule has 0 N–H and O–H groups in total. The Bertz CT molecular complexity index is 1120. The van der Waals surface area contributed by atoms with Crippen LogP contribution in [0.4, 0.5) is 4.79 Å². The molecule has 0 aliphatic carbocycles. The highest BCUT2D eigenvalue weighted by Crippen LogP contribution is 2.41. The lowest BCUT2D eigenvalue weighted by Gasteiger charge is -2.39. The maximum Gasteiger partial charge on any atom is 0.410 e. The number of amides is 1. The fourth-order valence-corrected chi connectivity index (χ4v) is 5.52. The van der Waals surface area contributed by atoms with Crippen LogP contribution in [0.25, 0.3) is 0 Å². The molecule has 2 fully saturated rings. The SMILES string of the molecule is C=C1COC(c2ccccc2)O[C@@H]1C1OC(c2ccccc2)OC1[C@@H](C)N(CCCCCCCC)C(=O)OC(C)(C)C. The molecule has 4 unspecified atom stereocenters. The first-order valence-electron chi connectivity index (χ1n) is 15.5. The van der Waals surface area contributed by atoms with Gasteiger partial charge in [-0.2, -0.15) is 0 Å². The van der Waals surface area contributed by atoms with Gasteiger partial charge in [-0.25, -0.2) is 4.79 Å². The highest BCUT2D eigenvalue weighted by Gasteiger charge is 2.49. The van der Waals surface area contributed by atoms with Gasteiger partial charge in [0.15, 0.2) is 12.6 Å². The average molecular weight is 580 g/mol. The Kier molecular flexibility index (Phi) is 11.6. The van der Waals surface area contributed by atoms with Gasteiger partial charge in [0.2, 0.25) is 0 Å². The van der Waals surface area contributed by atoms with E-state index in [1.165, 1.54) is 19.3 Å². The Balaban J connectivity index is 1.59. The molecule has 0 saturated carbocycles. The Labute approximate surface area is 252 Å². The van der Waals surface area contributed by atoms with Crippen molar-refractivity contribution >= 4 is 6.09 Å². The Morgan fingerprint density at radius 3 is 2.12 bits per heavy atom. The number of carbonyl (C=O) groups is 1. The molecule has 2 saturated heterocycles. The van der Waals surface area contributed by atoms with Crippen molar-refractivity contribution in [3.63, 3.8) is 0 Å². The fraction of sp³-hybridized carbons (Fsp3) is 0.571. The second-order valence-electron chi connectivity index (χ2n) is 12.4. The quantitative estimate of drug-likeness (QED) is 0.187. The minimum absolute atomic E-state index is 0.342. The zero-order chi connectivity index (χ0) is 30.1. The van der Waals surface area contributed by atoms with Crippen molar-refractivity contribution in [2.24, 2.45) is 0 Å². The normalized spacial score (nSPS) is 25.3. The standard InChI is InChI=1S/C35H49NO6/c1-7-8-9-10-11-18-23-36(34(37)42-35(4,5)6)26(3)30-31(41-33(40-30)28-21-16-13-17-22-28)29-25(2)24-38-32(39-29)27-19-14-12-15-20-27/h12-17,19-22,26,29-33H,2,7-11,18,23-24H2,1,3-6H3/t26-,29+,30?,31?,32?,33?/m1/s1. The maximum absolute atomic E-state index is 13.6. The molecule has 7 heteroatoms. The van der Waals surface area contributed by atoms with Crippen LogP contribution >= 0.6 is 0 Å². The van der Waals surface area contributed by atoms with E-state index in [0.717, 1.165) is 36.0 Å². The van der Waals surface area contributed by atoms with Crippen LogP contribution in [0.3, 0.4) is 0 Å². The van der Waals surface area contributed by atoms with Gasteiger partial charge in [0.1, 0.15) is 23.9 Å². The van der Waals surface area contributed by atoms with Crippen molar-refractivity contribution in [3.05, 3.63) is 83.9 Å². The van der Waals surface area contributed by atoms with Crippen molar-refractivity contribution in [1.29, 1.82) is 0 Å². The largest absolute Gasteiger partial charge is 0.444 e. The van der Waals surface area contributed by atoms with Gasteiger partial charge in [-0.05, 0) is 39.7 Å². The highest BCUT2D eigenvalue weighted by atomic mass is 16.8. The molecule has 1 amide bonds. The molecule has 230 valence electrons. The molecular weight excluding hydrogens is 530 g/mol. The van der Waals surface area contributed by atoms with Crippen LogP contribution in [0.15, 0.2) is 72.8 Å². The summed E-state index contributed by atoms with van der Waals surface area (Å²) in [6.45, 7) is 15.1. The first-order valence-corrected chi connectivity index (χ1v) is 15.5. The number of hydrogen-bond acceptors (Lipinski definition) is 6. The smallest absolute Gasteiger partial charge is 0.410 e. The van der Waals surface area contributed by atoms with Crippen molar-refractivity contribution in [2.75, 3.05) is 13.2 Å². The summed E-state index contributed by atoms with van der Waals surface area (Å²) < 4.78 is 31.7. The number of hydrogen-bond donors (Lipinski definition) is 0. The first-order chi connectivity index (χ1) is 20.2. The second kappa shape index (κ2) is 15.1. The Morgan fingerprint density at radius 1 is 0.905 bits per heavy atom. The van der Waals surface area contributed by atoms with E-state index in [4.69, 9.17) is 23.7 Å². The third-order valence-electron chi connectivity index (χ3n) is 7.77. The number of carbonyl (C=O) groups excluding carboxylic acids is 1. The topological polar surface area (TPSA) is 66.5 Å². The summed E-state index contributed by atoms with van der Waals surface area (Å²) in [5, 5.41) is 0. The maximum atomic E-state index is 13.6. The molecule has 2 aromatic carbocycles. The van der Waals surface area contributed by atoms with Gasteiger partial charge in [0, 0.05) is 17.7 Å². The van der Waals surface area contributed by atoms with Gasteiger partial charge in [-0.3, -0.25) is 0 Å². The number of ether oxygens (including phenoxy) is 5. The predicted octanol–water partition coefficient (Wildman–Crippen LogP) is 8.13. The van der Waals surface area contributed by atoms with Crippen molar-refractivity contribution in [2.45, 2.75) is 116 Å². The van der Waals surface area contributed by atoms with E-state index in [-0.39, 0.29) is 12.1 Å². The lowest BCUT2D eigenvalue weighted by atomic mass is 9.95. The van der Waals surface area contributed by atoms with Gasteiger partial charge >= 0.3 is 6.09 Å². The zero-order valence-electron chi connectivity index (χ0n) is 26.0. The van der Waals surface area contributed by atoms with Crippen LogP contribution in [0.2, 0.25) is 0 Å². The molecule has 4 rings (SSSR count). The van der Waals surface area contributed by atoms with E-state index >= 15 is 0 Å². The van der Waals surface area contributed by atoms with Gasteiger partial charge in [0.05, 0.1) is 12.6 Å². The predicted molar refractivity (Wildman–Crippen MR) is 164 cm³/mol. The lowest BCUT2D eigenvalue weighted by molar-refractivity contribution is -0.218. The number of benzene rings is 2. The third kappa shape index (κ3) is 8.66. The molecule has 2 aromatic rings. The molecule has 7 nitrogen and oxygen atoms in total. The van der Waals surface area contributed by atoms with E-state index in [0.29, 0.717) is 13.2 Å². The molecule has 0 bridgehead atoms. The van der Waals surface area contributed by atoms with Gasteiger partial charge in [-0.15, -0.1) is 0 Å². The number of nitrogens with zero attached hydrogens (tertiary/aromatic N) is 1. The Morgan fingerprint density at radius 2 is 1.50 bits per heavy atom. The van der Waals surface area contributed by atoms with Gasteiger partial charge in [-0.1, -0.05) is 106 Å². The van der Waals surface area contributed by atoms with Crippen LogP contribution in [-0.4, -0.2) is 54.1 Å². The molecule has 2 aliphatic heterocycles. The van der Waals surface area contributed by atoms with E-state index in [2.05, 4.69) is 13.5 Å². The fourth-order valence-electron chi connectivity index (χ4n) is 5.52. The van der Waals surface area contributed by atoms with Gasteiger partial charge in [0.25, 0.3) is 0 Å². The molecule has 0 spiro atoms. The summed E-state index contributed by atoms with van der Waals surface area (Å²) >= 11 is 0. The lowest BCUT2D eigenvalue weighted by Crippen LogP contribution is -2.54. The van der Waals surface area contributed by atoms with E-state index in [1.54, 1.807) is 0 Å². The monoisotopic (exact) mass is 579 g/mol. The minimum Gasteiger partial charge on any atom is -0.444 e. The van der Waals surface area contributed by atoms with Crippen molar-refractivity contribution in [1.82, 2.24) is 4.90 Å². The molecule has 0 aromatic heterocycles. The number of unbranched alkanes of at least 4 members (excludes halogenated alkanes) is 5. The molecule has 2 aliphatic rings. The van der Waals surface area contributed by atoms with E-state index in [9.17, 15) is 4.79 Å². The van der Waals surface area contributed by atoms with Crippen LogP contribution in [0.5, 0.6) is 0 Å². The summed E-state index contributed by atoms with van der Waals surface area (Å²) in [7, 11) is 0. The molecular formula is C35H49NO6. The van der Waals surface area contributed by atoms with Crippen molar-refractivity contribution < 1.29 is 28.5 Å². The summed E-state index contributed by atoms with van der Waals surface area (Å²) in [4.78, 5) is 15.4. The van der Waals surface area contributed by atoms with Crippen LogP contribution in [-0.2, 0) is 23.7 Å². The second-order valence-corrected chi connectivity index (χ2v) is 12.4. The zero-order valence-corrected chi connectivity index (χ0v) is 26.0. The van der Waals surface area contributed by atoms with Gasteiger partial charge < -0.3 is 28.6 Å². The summed E-state index contributed by atoms with van der Waals surface area (Å²) in [6.07, 6.45) is 3.77. The Hall–Kier alpha value is -2.71. The van der Waals surface area contributed by atoms with Crippen LogP contribution in [0.1, 0.15) is 96.9 Å². The van der Waals surface area contributed by atoms with Crippen LogP contribution in [0, 0.1) is 0 Å². The third-order valence-corrected chi connectivity index (χ3v) is 7.77. The van der Waals surface area contributed by atoms with E-state index < -0.39 is 36.5 Å². The molecule has 6 atom stereocenters.